The van der Waals surface area contributed by atoms with Gasteiger partial charge in [-0.2, -0.15) is 0 Å². The number of hydrogen-bond acceptors (Lipinski definition) is 1. The fourth-order valence-corrected chi connectivity index (χ4v) is 14.2. The van der Waals surface area contributed by atoms with E-state index in [2.05, 4.69) is 91.5 Å². The average Bonchev–Trinajstić information content (AvgIpc) is 3.16. The predicted octanol–water partition coefficient (Wildman–Crippen LogP) is 9.17. The molecule has 0 aromatic heterocycles. The van der Waals surface area contributed by atoms with Gasteiger partial charge in [-0.1, -0.05) is 125 Å². The zero-order valence-corrected chi connectivity index (χ0v) is 27.7. The van der Waals surface area contributed by atoms with Gasteiger partial charge < -0.3 is 4.74 Å². The Hall–Kier alpha value is -1.79. The summed E-state index contributed by atoms with van der Waals surface area (Å²) in [5, 5.41) is 4.52. The van der Waals surface area contributed by atoms with Crippen molar-refractivity contribution >= 4 is 50.4 Å². The Labute approximate surface area is 242 Å². The molecule has 38 heavy (non-hydrogen) atoms. The van der Waals surface area contributed by atoms with Crippen LogP contribution in [0.5, 0.6) is 5.75 Å². The highest BCUT2D eigenvalue weighted by Gasteiger charge is 2.49. The standard InChI is InChI=1S/C33H41Cl2OSi2/c1-10-17-36-30-28(18-21(4)31(37(8)9)29(30)33(5,6)7)38(11-2,12-3)32-26-19-22(34)13-15-24(26)25-16-14-23(35)20-27(25)32/h10,13-16,18-20,32H,1,11-12,17H2,2-9H3. The molecule has 0 fully saturated rings. The molecule has 0 saturated carbocycles. The van der Waals surface area contributed by atoms with E-state index in [-0.39, 0.29) is 11.0 Å². The molecule has 3 aromatic rings. The zero-order valence-electron chi connectivity index (χ0n) is 24.2. The largest absolute Gasteiger partial charge is 0.489 e. The molecule has 0 saturated heterocycles. The van der Waals surface area contributed by atoms with Crippen LogP contribution in [0.25, 0.3) is 11.1 Å². The van der Waals surface area contributed by atoms with Gasteiger partial charge in [0.15, 0.2) is 0 Å². The van der Waals surface area contributed by atoms with Crippen molar-refractivity contribution in [3.8, 4) is 16.9 Å². The molecule has 0 bridgehead atoms. The zero-order chi connectivity index (χ0) is 28.0. The topological polar surface area (TPSA) is 9.23 Å². The van der Waals surface area contributed by atoms with Crippen LogP contribution in [-0.4, -0.2) is 23.5 Å². The van der Waals surface area contributed by atoms with Gasteiger partial charge in [-0.05, 0) is 69.6 Å². The van der Waals surface area contributed by atoms with Gasteiger partial charge in [-0.3, -0.25) is 0 Å². The lowest BCUT2D eigenvalue weighted by Crippen LogP contribution is -2.54. The maximum atomic E-state index is 6.76. The number of benzene rings is 3. The van der Waals surface area contributed by atoms with Crippen LogP contribution in [0, 0.1) is 6.92 Å². The molecule has 201 valence electrons. The van der Waals surface area contributed by atoms with Crippen molar-refractivity contribution in [1.29, 1.82) is 0 Å². The summed E-state index contributed by atoms with van der Waals surface area (Å²) in [4.78, 5) is 0. The second-order valence-corrected chi connectivity index (χ2v) is 20.1. The summed E-state index contributed by atoms with van der Waals surface area (Å²) in [6, 6.07) is 17.5. The maximum absolute atomic E-state index is 6.76. The van der Waals surface area contributed by atoms with Crippen LogP contribution in [0.2, 0.25) is 35.2 Å². The second-order valence-electron chi connectivity index (χ2n) is 11.9. The normalized spacial score (nSPS) is 13.6. The summed E-state index contributed by atoms with van der Waals surface area (Å²) in [6.07, 6.45) is 1.88. The average molecular weight is 581 g/mol. The lowest BCUT2D eigenvalue weighted by Gasteiger charge is -2.41. The van der Waals surface area contributed by atoms with Crippen LogP contribution in [-0.2, 0) is 5.41 Å². The summed E-state index contributed by atoms with van der Waals surface area (Å²) < 4.78 is 6.76. The minimum atomic E-state index is -2.29. The summed E-state index contributed by atoms with van der Waals surface area (Å²) in [6.45, 7) is 23.4. The third kappa shape index (κ3) is 4.85. The van der Waals surface area contributed by atoms with Crippen LogP contribution < -0.4 is 15.1 Å². The van der Waals surface area contributed by atoms with Crippen LogP contribution in [0.3, 0.4) is 0 Å². The monoisotopic (exact) mass is 579 g/mol. The van der Waals surface area contributed by atoms with E-state index in [0.717, 1.165) is 27.9 Å². The van der Waals surface area contributed by atoms with Gasteiger partial charge in [0.2, 0.25) is 0 Å². The molecule has 0 heterocycles. The van der Waals surface area contributed by atoms with E-state index >= 15 is 0 Å². The first-order valence-electron chi connectivity index (χ1n) is 13.7. The first-order chi connectivity index (χ1) is 17.9. The van der Waals surface area contributed by atoms with Crippen molar-refractivity contribution < 1.29 is 4.74 Å². The third-order valence-electron chi connectivity index (χ3n) is 8.36. The Morgan fingerprint density at radius 1 is 0.947 bits per heavy atom. The predicted molar refractivity (Wildman–Crippen MR) is 173 cm³/mol. The minimum Gasteiger partial charge on any atom is -0.489 e. The fraction of sp³-hybridized carbons (Fsp3) is 0.394. The number of ether oxygens (including phenoxy) is 1. The maximum Gasteiger partial charge on any atom is 0.122 e. The molecule has 0 atom stereocenters. The van der Waals surface area contributed by atoms with Crippen molar-refractivity contribution in [2.75, 3.05) is 6.61 Å². The lowest BCUT2D eigenvalue weighted by atomic mass is 9.85. The van der Waals surface area contributed by atoms with Crippen molar-refractivity contribution in [3.63, 3.8) is 0 Å². The van der Waals surface area contributed by atoms with Gasteiger partial charge in [0.05, 0.1) is 8.80 Å². The number of fused-ring (bicyclic) bond motifs is 3. The van der Waals surface area contributed by atoms with Crippen molar-refractivity contribution in [3.05, 3.63) is 87.4 Å². The molecular weight excluding hydrogens is 539 g/mol. The Morgan fingerprint density at radius 2 is 1.47 bits per heavy atom. The summed E-state index contributed by atoms with van der Waals surface area (Å²) in [5.41, 5.74) is 8.26. The van der Waals surface area contributed by atoms with Crippen LogP contribution in [0.4, 0.5) is 0 Å². The number of hydrogen-bond donors (Lipinski definition) is 0. The molecule has 1 aliphatic rings. The second kappa shape index (κ2) is 11.0. The van der Waals surface area contributed by atoms with E-state index in [0.29, 0.717) is 6.61 Å². The van der Waals surface area contributed by atoms with Gasteiger partial charge in [0.1, 0.15) is 20.4 Å². The van der Waals surface area contributed by atoms with Gasteiger partial charge in [-0.25, -0.2) is 0 Å². The van der Waals surface area contributed by atoms with E-state index in [9.17, 15) is 0 Å². The Bertz CT molecular complexity index is 1310. The highest BCUT2D eigenvalue weighted by atomic mass is 35.5. The molecule has 1 radical (unpaired) electrons. The van der Waals surface area contributed by atoms with E-state index in [4.69, 9.17) is 27.9 Å². The van der Waals surface area contributed by atoms with E-state index in [1.165, 1.54) is 43.8 Å². The van der Waals surface area contributed by atoms with E-state index in [1.807, 2.05) is 18.2 Å². The fourth-order valence-electron chi connectivity index (χ4n) is 6.81. The molecule has 0 N–H and O–H groups in total. The van der Waals surface area contributed by atoms with Crippen molar-refractivity contribution in [2.24, 2.45) is 0 Å². The summed E-state index contributed by atoms with van der Waals surface area (Å²) >= 11 is 13.3. The number of halogens is 2. The molecule has 4 rings (SSSR count). The first kappa shape index (κ1) is 29.2. The third-order valence-corrected chi connectivity index (χ3v) is 16.2. The van der Waals surface area contributed by atoms with Gasteiger partial charge in [0, 0.05) is 15.6 Å². The molecule has 0 aliphatic heterocycles. The summed E-state index contributed by atoms with van der Waals surface area (Å²) in [5.74, 6) is 1.11. The van der Waals surface area contributed by atoms with Gasteiger partial charge in [0.25, 0.3) is 0 Å². The van der Waals surface area contributed by atoms with E-state index < -0.39 is 16.9 Å². The highest BCUT2D eigenvalue weighted by Crippen LogP contribution is 2.53. The van der Waals surface area contributed by atoms with Crippen LogP contribution in [0.15, 0.2) is 55.1 Å². The molecule has 5 heteroatoms. The smallest absolute Gasteiger partial charge is 0.122 e. The van der Waals surface area contributed by atoms with Gasteiger partial charge >= 0.3 is 0 Å². The molecule has 1 aliphatic carbocycles. The molecule has 0 unspecified atom stereocenters. The van der Waals surface area contributed by atoms with E-state index in [1.54, 1.807) is 0 Å². The molecule has 3 aromatic carbocycles. The Morgan fingerprint density at radius 3 is 1.89 bits per heavy atom. The molecule has 1 nitrogen and oxygen atoms in total. The first-order valence-corrected chi connectivity index (χ1v) is 19.5. The lowest BCUT2D eigenvalue weighted by molar-refractivity contribution is 0.354. The van der Waals surface area contributed by atoms with Crippen LogP contribution >= 0.6 is 23.2 Å². The highest BCUT2D eigenvalue weighted by molar-refractivity contribution is 6.94. The van der Waals surface area contributed by atoms with Crippen molar-refractivity contribution in [2.45, 2.75) is 77.7 Å². The van der Waals surface area contributed by atoms with Gasteiger partial charge in [-0.15, -0.1) is 0 Å². The molecule has 0 spiro atoms. The minimum absolute atomic E-state index is 0.0473. The summed E-state index contributed by atoms with van der Waals surface area (Å²) in [7, 11) is -3.02. The SMILES string of the molecule is C=CCOc1c([Si](CC)(CC)C2c3cc(Cl)ccc3-c3ccc(Cl)cc32)cc(C)c([Si](C)C)c1C(C)(C)C. The quantitative estimate of drug-likeness (QED) is 0.191. The van der Waals surface area contributed by atoms with Crippen molar-refractivity contribution in [1.82, 2.24) is 0 Å². The Kier molecular flexibility index (Phi) is 8.45. The molecular formula is C33H41Cl2OSi2. The number of aryl methyl sites for hydroxylation is 1. The Balaban J connectivity index is 2.15. The number of rotatable bonds is 8. The molecule has 0 amide bonds. The van der Waals surface area contributed by atoms with Crippen LogP contribution in [0.1, 0.15) is 62.4 Å².